The summed E-state index contributed by atoms with van der Waals surface area (Å²) in [6.45, 7) is 0. The van der Waals surface area contributed by atoms with Gasteiger partial charge in [-0.2, -0.15) is 0 Å². The van der Waals surface area contributed by atoms with E-state index in [9.17, 15) is 0 Å². The summed E-state index contributed by atoms with van der Waals surface area (Å²) >= 11 is 0. The third-order valence-corrected chi connectivity index (χ3v) is 5.70. The molecule has 1 heterocycles. The van der Waals surface area contributed by atoms with Crippen LogP contribution in [0.15, 0.2) is 90.9 Å². The maximum atomic E-state index is 4.07. The minimum absolute atomic E-state index is 0.998. The van der Waals surface area contributed by atoms with Crippen molar-refractivity contribution in [3.8, 4) is 0 Å². The molecule has 3 aromatic carbocycles. The topological polar surface area (TPSA) is 25.8 Å². The molecule has 0 unspecified atom stereocenters. The minimum Gasteiger partial charge on any atom is -0.244 e. The monoisotopic (exact) mass is 362 g/mol. The van der Waals surface area contributed by atoms with Gasteiger partial charge in [0, 0.05) is 11.6 Å². The molecular weight excluding hydrogens is 340 g/mol. The second-order valence-electron chi connectivity index (χ2n) is 7.35. The molecule has 0 saturated heterocycles. The largest absolute Gasteiger partial charge is 0.244 e. The fraction of sp³-hybridized carbons (Fsp3) is 0.154. The van der Waals surface area contributed by atoms with Gasteiger partial charge in [0.1, 0.15) is 6.33 Å². The molecule has 2 heteroatoms. The molecule has 0 spiro atoms. The van der Waals surface area contributed by atoms with E-state index in [1.165, 1.54) is 47.6 Å². The first-order valence-corrected chi connectivity index (χ1v) is 9.94. The summed E-state index contributed by atoms with van der Waals surface area (Å²) in [5.41, 5.74) is 7.20. The first-order chi connectivity index (χ1) is 13.9. The van der Waals surface area contributed by atoms with Gasteiger partial charge in [-0.1, -0.05) is 72.3 Å². The molecule has 0 bridgehead atoms. The Morgan fingerprint density at radius 1 is 0.750 bits per heavy atom. The molecule has 0 amide bonds. The second kappa shape index (κ2) is 7.40. The van der Waals surface area contributed by atoms with Crippen LogP contribution in [0.2, 0.25) is 0 Å². The molecule has 6 rings (SSSR count). The molecule has 0 atom stereocenters. The van der Waals surface area contributed by atoms with Crippen LogP contribution in [0.25, 0.3) is 27.2 Å². The van der Waals surface area contributed by atoms with E-state index in [1.807, 2.05) is 30.5 Å². The molecule has 0 fully saturated rings. The number of allylic oxidation sites excluding steroid dienone is 4. The Bertz CT molecular complexity index is 1150. The summed E-state index contributed by atoms with van der Waals surface area (Å²) < 4.78 is 0. The van der Waals surface area contributed by atoms with Gasteiger partial charge in [-0.05, 0) is 59.2 Å². The van der Waals surface area contributed by atoms with Crippen molar-refractivity contribution in [3.05, 3.63) is 102 Å². The van der Waals surface area contributed by atoms with E-state index in [-0.39, 0.29) is 0 Å². The van der Waals surface area contributed by atoms with E-state index in [0.717, 1.165) is 10.9 Å². The Balaban J connectivity index is 0.000000145. The van der Waals surface area contributed by atoms with Crippen LogP contribution in [0.5, 0.6) is 0 Å². The molecule has 28 heavy (non-hydrogen) atoms. The summed E-state index contributed by atoms with van der Waals surface area (Å²) in [6, 6.07) is 21.3. The minimum atomic E-state index is 0.998. The van der Waals surface area contributed by atoms with Gasteiger partial charge in [-0.25, -0.2) is 9.97 Å². The number of aromatic nitrogens is 2. The molecule has 2 aliphatic carbocycles. The standard InChI is InChI=1S/C18H16.C8H6N2/c1-3-7-15-13(5-1)9-11-18-16-8-4-2-6-14(16)10-12-17(15)18;1-2-4-8-7(3-1)5-9-6-10-8/h1,3-5,7-9,11H,2,6,10,12H2;1-6H. The maximum Gasteiger partial charge on any atom is 0.116 e. The number of rotatable bonds is 0. The van der Waals surface area contributed by atoms with E-state index >= 15 is 0 Å². The van der Waals surface area contributed by atoms with Gasteiger partial charge in [-0.3, -0.25) is 0 Å². The first-order valence-electron chi connectivity index (χ1n) is 9.94. The van der Waals surface area contributed by atoms with Crippen molar-refractivity contribution in [3.63, 3.8) is 0 Å². The lowest BCUT2D eigenvalue weighted by Gasteiger charge is -2.25. The molecular formula is C26H22N2. The van der Waals surface area contributed by atoms with Crippen molar-refractivity contribution in [1.82, 2.24) is 9.97 Å². The highest BCUT2D eigenvalue weighted by Gasteiger charge is 2.20. The van der Waals surface area contributed by atoms with Gasteiger partial charge >= 0.3 is 0 Å². The Hall–Kier alpha value is -3.26. The van der Waals surface area contributed by atoms with Crippen molar-refractivity contribution in [2.45, 2.75) is 25.7 Å². The van der Waals surface area contributed by atoms with Crippen molar-refractivity contribution < 1.29 is 0 Å². The quantitative estimate of drug-likeness (QED) is 0.356. The van der Waals surface area contributed by atoms with E-state index in [2.05, 4.69) is 58.5 Å². The van der Waals surface area contributed by atoms with E-state index in [1.54, 1.807) is 17.5 Å². The Kier molecular flexibility index (Phi) is 4.46. The highest BCUT2D eigenvalue weighted by molar-refractivity contribution is 5.93. The molecule has 136 valence electrons. The highest BCUT2D eigenvalue weighted by Crippen LogP contribution is 2.39. The number of aryl methyl sites for hydroxylation is 1. The summed E-state index contributed by atoms with van der Waals surface area (Å²) in [5, 5.41) is 3.91. The van der Waals surface area contributed by atoms with Gasteiger partial charge in [0.05, 0.1) is 5.52 Å². The predicted molar refractivity (Wildman–Crippen MR) is 117 cm³/mol. The van der Waals surface area contributed by atoms with Gasteiger partial charge in [0.25, 0.3) is 0 Å². The average molecular weight is 362 g/mol. The van der Waals surface area contributed by atoms with Crippen LogP contribution in [0.4, 0.5) is 0 Å². The average Bonchev–Trinajstić information content (AvgIpc) is 2.79. The number of nitrogens with zero attached hydrogens (tertiary/aromatic N) is 2. The fourth-order valence-corrected chi connectivity index (χ4v) is 4.31. The second-order valence-corrected chi connectivity index (χ2v) is 7.35. The van der Waals surface area contributed by atoms with E-state index in [0.29, 0.717) is 0 Å². The summed E-state index contributed by atoms with van der Waals surface area (Å²) in [5.74, 6) is 0. The number of benzene rings is 3. The van der Waals surface area contributed by atoms with Crippen LogP contribution >= 0.6 is 0 Å². The van der Waals surface area contributed by atoms with Crippen LogP contribution in [0.1, 0.15) is 30.4 Å². The SMILES string of the molecule is C1=CC2=C(CC1)CCc1c2ccc2ccccc12.c1ccc2ncncc2c1. The molecule has 0 saturated carbocycles. The number of para-hydroxylation sites is 1. The summed E-state index contributed by atoms with van der Waals surface area (Å²) in [6.07, 6.45) is 13.0. The number of fused-ring (bicyclic) bond motifs is 5. The third-order valence-electron chi connectivity index (χ3n) is 5.70. The van der Waals surface area contributed by atoms with Gasteiger partial charge in [-0.15, -0.1) is 0 Å². The lowest BCUT2D eigenvalue weighted by atomic mass is 9.80. The Morgan fingerprint density at radius 3 is 2.54 bits per heavy atom. The molecule has 2 aliphatic rings. The zero-order valence-electron chi connectivity index (χ0n) is 15.8. The van der Waals surface area contributed by atoms with Gasteiger partial charge in [0.15, 0.2) is 0 Å². The fourth-order valence-electron chi connectivity index (χ4n) is 4.31. The van der Waals surface area contributed by atoms with Gasteiger partial charge < -0.3 is 0 Å². The molecule has 0 N–H and O–H groups in total. The smallest absolute Gasteiger partial charge is 0.116 e. The summed E-state index contributed by atoms with van der Waals surface area (Å²) in [4.78, 5) is 7.97. The predicted octanol–water partition coefficient (Wildman–Crippen LogP) is 6.52. The van der Waals surface area contributed by atoms with Crippen LogP contribution in [0, 0.1) is 0 Å². The molecule has 1 aromatic heterocycles. The third kappa shape index (κ3) is 3.11. The number of hydrogen-bond donors (Lipinski definition) is 0. The summed E-state index contributed by atoms with van der Waals surface area (Å²) in [7, 11) is 0. The van der Waals surface area contributed by atoms with Crippen molar-refractivity contribution in [2.24, 2.45) is 0 Å². The van der Waals surface area contributed by atoms with Crippen molar-refractivity contribution in [2.75, 3.05) is 0 Å². The highest BCUT2D eigenvalue weighted by atomic mass is 14.8. The zero-order chi connectivity index (χ0) is 18.8. The lowest BCUT2D eigenvalue weighted by molar-refractivity contribution is 0.831. The van der Waals surface area contributed by atoms with Crippen molar-refractivity contribution >= 4 is 27.2 Å². The Morgan fingerprint density at radius 2 is 1.61 bits per heavy atom. The van der Waals surface area contributed by atoms with Crippen molar-refractivity contribution in [1.29, 1.82) is 0 Å². The van der Waals surface area contributed by atoms with Crippen LogP contribution < -0.4 is 0 Å². The lowest BCUT2D eigenvalue weighted by Crippen LogP contribution is -2.06. The number of hydrogen-bond acceptors (Lipinski definition) is 2. The van der Waals surface area contributed by atoms with Gasteiger partial charge in [0.2, 0.25) is 0 Å². The van der Waals surface area contributed by atoms with E-state index < -0.39 is 0 Å². The Labute approximate surface area is 165 Å². The molecule has 2 nitrogen and oxygen atoms in total. The van der Waals surface area contributed by atoms with Crippen LogP contribution in [-0.2, 0) is 6.42 Å². The van der Waals surface area contributed by atoms with Crippen LogP contribution in [-0.4, -0.2) is 9.97 Å². The normalized spacial score (nSPS) is 15.0. The zero-order valence-corrected chi connectivity index (χ0v) is 15.8. The van der Waals surface area contributed by atoms with Crippen LogP contribution in [0.3, 0.4) is 0 Å². The molecule has 0 radical (unpaired) electrons. The molecule has 4 aromatic rings. The first kappa shape index (κ1) is 16.9. The maximum absolute atomic E-state index is 4.07. The molecule has 0 aliphatic heterocycles. The van der Waals surface area contributed by atoms with E-state index in [4.69, 9.17) is 0 Å².